The molecule has 1 fully saturated rings. The van der Waals surface area contributed by atoms with Gasteiger partial charge in [-0.05, 0) is 31.4 Å². The largest absolute Gasteiger partial charge is 0.380 e. The summed E-state index contributed by atoms with van der Waals surface area (Å²) in [5.41, 5.74) is 4.33. The molecule has 0 spiro atoms. The molecule has 7 nitrogen and oxygen atoms in total. The topological polar surface area (TPSA) is 70.6 Å². The van der Waals surface area contributed by atoms with E-state index >= 15 is 0 Å². The third kappa shape index (κ3) is 5.10. The van der Waals surface area contributed by atoms with E-state index in [1.54, 1.807) is 21.2 Å². The molecular weight excluding hydrogens is 366 g/mol. The molecule has 1 saturated heterocycles. The first-order valence-corrected chi connectivity index (χ1v) is 10.0. The van der Waals surface area contributed by atoms with Crippen LogP contribution in [0.2, 0.25) is 0 Å². The molecule has 1 aliphatic rings. The van der Waals surface area contributed by atoms with Crippen molar-refractivity contribution in [3.63, 3.8) is 0 Å². The Hall–Kier alpha value is -2.51. The molecule has 0 aliphatic carbocycles. The van der Waals surface area contributed by atoms with Crippen LogP contribution in [0, 0.1) is 13.8 Å². The van der Waals surface area contributed by atoms with Crippen LogP contribution in [-0.4, -0.2) is 61.1 Å². The first-order chi connectivity index (χ1) is 13.9. The average Bonchev–Trinajstić information content (AvgIpc) is 3.18. The molecule has 3 rings (SSSR count). The summed E-state index contributed by atoms with van der Waals surface area (Å²) >= 11 is 0. The first kappa shape index (κ1) is 21.2. The van der Waals surface area contributed by atoms with E-state index in [0.29, 0.717) is 12.6 Å². The van der Waals surface area contributed by atoms with Crippen molar-refractivity contribution < 1.29 is 9.53 Å². The minimum absolute atomic E-state index is 0.167. The van der Waals surface area contributed by atoms with Crippen LogP contribution in [0.4, 0.5) is 5.82 Å². The predicted octanol–water partition coefficient (Wildman–Crippen LogP) is 2.31. The number of amides is 1. The predicted molar refractivity (Wildman–Crippen MR) is 114 cm³/mol. The Kier molecular flexibility index (Phi) is 6.82. The van der Waals surface area contributed by atoms with E-state index in [-0.39, 0.29) is 11.7 Å². The fraction of sp³-hybridized carbons (Fsp3) is 0.500. The highest BCUT2D eigenvalue weighted by molar-refractivity contribution is 5.90. The Bertz CT molecular complexity index is 851. The van der Waals surface area contributed by atoms with Crippen molar-refractivity contribution in [3.8, 4) is 0 Å². The SMILES string of the molecule is COCc1ccc(CN[C@@H]2CCN(c3nc(C(=O)N(C)C)nc(C)c3C)C2)cc1. The van der Waals surface area contributed by atoms with Gasteiger partial charge in [0.2, 0.25) is 5.82 Å². The summed E-state index contributed by atoms with van der Waals surface area (Å²) in [5.74, 6) is 0.969. The van der Waals surface area contributed by atoms with Gasteiger partial charge in [-0.1, -0.05) is 24.3 Å². The number of carbonyl (C=O) groups is 1. The van der Waals surface area contributed by atoms with Gasteiger partial charge in [-0.15, -0.1) is 0 Å². The lowest BCUT2D eigenvalue weighted by molar-refractivity contribution is 0.0815. The summed E-state index contributed by atoms with van der Waals surface area (Å²) in [6.45, 7) is 7.22. The van der Waals surface area contributed by atoms with Crippen LogP contribution in [0.15, 0.2) is 24.3 Å². The highest BCUT2D eigenvalue weighted by atomic mass is 16.5. The molecule has 1 aromatic heterocycles. The van der Waals surface area contributed by atoms with Crippen LogP contribution in [-0.2, 0) is 17.9 Å². The van der Waals surface area contributed by atoms with Crippen molar-refractivity contribution >= 4 is 11.7 Å². The maximum absolute atomic E-state index is 12.3. The second-order valence-corrected chi connectivity index (χ2v) is 7.84. The minimum Gasteiger partial charge on any atom is -0.380 e. The monoisotopic (exact) mass is 397 g/mol. The number of hydrogen-bond acceptors (Lipinski definition) is 6. The lowest BCUT2D eigenvalue weighted by Gasteiger charge is -2.22. The summed E-state index contributed by atoms with van der Waals surface area (Å²) < 4.78 is 5.16. The van der Waals surface area contributed by atoms with Crippen LogP contribution in [0.3, 0.4) is 0 Å². The van der Waals surface area contributed by atoms with E-state index in [4.69, 9.17) is 4.74 Å². The molecule has 2 aromatic rings. The van der Waals surface area contributed by atoms with Gasteiger partial charge in [0.15, 0.2) is 0 Å². The van der Waals surface area contributed by atoms with Crippen LogP contribution in [0.1, 0.15) is 39.4 Å². The van der Waals surface area contributed by atoms with E-state index in [9.17, 15) is 4.79 Å². The third-order valence-electron chi connectivity index (χ3n) is 5.38. The Morgan fingerprint density at radius 1 is 1.21 bits per heavy atom. The second-order valence-electron chi connectivity index (χ2n) is 7.84. The van der Waals surface area contributed by atoms with E-state index in [1.165, 1.54) is 16.0 Å². The number of aryl methyl sites for hydroxylation is 1. The minimum atomic E-state index is -0.167. The zero-order chi connectivity index (χ0) is 21.0. The van der Waals surface area contributed by atoms with Crippen molar-refractivity contribution in [3.05, 3.63) is 52.5 Å². The Labute approximate surface area is 173 Å². The summed E-state index contributed by atoms with van der Waals surface area (Å²) in [5, 5.41) is 3.65. The number of ether oxygens (including phenoxy) is 1. The van der Waals surface area contributed by atoms with Crippen LogP contribution < -0.4 is 10.2 Å². The molecule has 1 amide bonds. The number of hydrogen-bond donors (Lipinski definition) is 1. The number of anilines is 1. The van der Waals surface area contributed by atoms with Crippen molar-refractivity contribution in [2.75, 3.05) is 39.2 Å². The van der Waals surface area contributed by atoms with Gasteiger partial charge in [-0.3, -0.25) is 4.79 Å². The fourth-order valence-electron chi connectivity index (χ4n) is 3.52. The van der Waals surface area contributed by atoms with Crippen LogP contribution in [0.5, 0.6) is 0 Å². The van der Waals surface area contributed by atoms with Gasteiger partial charge in [-0.25, -0.2) is 9.97 Å². The van der Waals surface area contributed by atoms with E-state index in [1.807, 2.05) is 13.8 Å². The number of aromatic nitrogens is 2. The molecule has 1 atom stereocenters. The molecule has 7 heteroatoms. The number of nitrogens with zero attached hydrogens (tertiary/aromatic N) is 4. The smallest absolute Gasteiger partial charge is 0.291 e. The Morgan fingerprint density at radius 3 is 2.55 bits per heavy atom. The maximum atomic E-state index is 12.3. The maximum Gasteiger partial charge on any atom is 0.291 e. The normalized spacial score (nSPS) is 16.3. The molecule has 0 unspecified atom stereocenters. The highest BCUT2D eigenvalue weighted by Crippen LogP contribution is 2.24. The quantitative estimate of drug-likeness (QED) is 0.773. The zero-order valence-corrected chi connectivity index (χ0v) is 18.0. The molecule has 0 bridgehead atoms. The third-order valence-corrected chi connectivity index (χ3v) is 5.38. The molecule has 156 valence electrons. The molecule has 29 heavy (non-hydrogen) atoms. The van der Waals surface area contributed by atoms with E-state index in [0.717, 1.165) is 43.1 Å². The number of benzene rings is 1. The molecule has 0 radical (unpaired) electrons. The van der Waals surface area contributed by atoms with Crippen molar-refractivity contribution in [1.82, 2.24) is 20.2 Å². The van der Waals surface area contributed by atoms with Gasteiger partial charge in [-0.2, -0.15) is 0 Å². The molecule has 1 aliphatic heterocycles. The van der Waals surface area contributed by atoms with Gasteiger partial charge in [0, 0.05) is 58.1 Å². The lowest BCUT2D eigenvalue weighted by atomic mass is 10.1. The van der Waals surface area contributed by atoms with E-state index in [2.05, 4.69) is 44.5 Å². The van der Waals surface area contributed by atoms with E-state index < -0.39 is 0 Å². The number of methoxy groups -OCH3 is 1. The molecular formula is C22H31N5O2. The van der Waals surface area contributed by atoms with Gasteiger partial charge < -0.3 is 19.9 Å². The summed E-state index contributed by atoms with van der Waals surface area (Å²) in [6.07, 6.45) is 1.04. The average molecular weight is 398 g/mol. The summed E-state index contributed by atoms with van der Waals surface area (Å²) in [6, 6.07) is 8.89. The Balaban J connectivity index is 1.63. The Morgan fingerprint density at radius 2 is 1.90 bits per heavy atom. The van der Waals surface area contributed by atoms with Gasteiger partial charge in [0.05, 0.1) is 6.61 Å². The fourth-order valence-corrected chi connectivity index (χ4v) is 3.52. The number of carbonyl (C=O) groups excluding carboxylic acids is 1. The summed E-state index contributed by atoms with van der Waals surface area (Å²) in [7, 11) is 5.15. The van der Waals surface area contributed by atoms with Gasteiger partial charge in [0.25, 0.3) is 5.91 Å². The summed E-state index contributed by atoms with van der Waals surface area (Å²) in [4.78, 5) is 25.1. The molecule has 2 heterocycles. The standard InChI is InChI=1S/C22H31N5O2/c1-15-16(2)24-20(22(28)26(3)4)25-21(15)27-11-10-19(13-27)23-12-17-6-8-18(9-7-17)14-29-5/h6-9,19,23H,10-14H2,1-5H3/t19-/m1/s1. The zero-order valence-electron chi connectivity index (χ0n) is 18.0. The van der Waals surface area contributed by atoms with Crippen LogP contribution in [0.25, 0.3) is 0 Å². The van der Waals surface area contributed by atoms with Crippen LogP contribution >= 0.6 is 0 Å². The highest BCUT2D eigenvalue weighted by Gasteiger charge is 2.26. The molecule has 0 saturated carbocycles. The lowest BCUT2D eigenvalue weighted by Crippen LogP contribution is -2.33. The number of rotatable bonds is 7. The van der Waals surface area contributed by atoms with Crippen molar-refractivity contribution in [2.24, 2.45) is 0 Å². The first-order valence-electron chi connectivity index (χ1n) is 10.0. The second kappa shape index (κ2) is 9.33. The van der Waals surface area contributed by atoms with Crippen molar-refractivity contribution in [1.29, 1.82) is 0 Å². The molecule has 1 N–H and O–H groups in total. The van der Waals surface area contributed by atoms with Crippen molar-refractivity contribution in [2.45, 2.75) is 39.5 Å². The van der Waals surface area contributed by atoms with Gasteiger partial charge in [0.1, 0.15) is 5.82 Å². The molecule has 1 aromatic carbocycles. The van der Waals surface area contributed by atoms with Gasteiger partial charge >= 0.3 is 0 Å². The number of nitrogens with one attached hydrogen (secondary N) is 1.